The second-order valence-corrected chi connectivity index (χ2v) is 6.95. The van der Waals surface area contributed by atoms with E-state index in [1.807, 2.05) is 6.92 Å². The molecule has 0 saturated carbocycles. The molecule has 170 valence electrons. The third-order valence-electron chi connectivity index (χ3n) is 4.78. The van der Waals surface area contributed by atoms with Gasteiger partial charge in [-0.1, -0.05) is 12.1 Å². The Morgan fingerprint density at radius 2 is 1.91 bits per heavy atom. The Morgan fingerprint density at radius 3 is 2.56 bits per heavy atom. The van der Waals surface area contributed by atoms with Crippen molar-refractivity contribution in [2.75, 3.05) is 19.0 Å². The number of anilines is 1. The van der Waals surface area contributed by atoms with E-state index in [0.717, 1.165) is 12.1 Å². The van der Waals surface area contributed by atoms with Gasteiger partial charge in [0.05, 0.1) is 30.9 Å². The van der Waals surface area contributed by atoms with Crippen LogP contribution in [0.5, 0.6) is 11.5 Å². The summed E-state index contributed by atoms with van der Waals surface area (Å²) in [5.41, 5.74) is 0.0481. The molecule has 3 N–H and O–H groups in total. The van der Waals surface area contributed by atoms with Crippen LogP contribution in [0.3, 0.4) is 0 Å². The van der Waals surface area contributed by atoms with Crippen molar-refractivity contribution in [2.24, 2.45) is 0 Å². The van der Waals surface area contributed by atoms with E-state index >= 15 is 0 Å². The fraction of sp³-hybridized carbons (Fsp3) is 0.273. The van der Waals surface area contributed by atoms with Crippen LogP contribution >= 0.6 is 0 Å². The van der Waals surface area contributed by atoms with E-state index in [4.69, 9.17) is 9.47 Å². The maximum absolute atomic E-state index is 13.1. The number of halogens is 3. The highest BCUT2D eigenvalue weighted by Crippen LogP contribution is 2.35. The number of carbonyl (C=O) groups is 2. The second kappa shape index (κ2) is 9.21. The molecule has 0 aromatic heterocycles. The first-order valence-corrected chi connectivity index (χ1v) is 9.71. The number of allylic oxidation sites excluding steroid dienone is 1. The second-order valence-electron chi connectivity index (χ2n) is 6.95. The van der Waals surface area contributed by atoms with E-state index in [1.54, 1.807) is 25.1 Å². The number of amides is 3. The van der Waals surface area contributed by atoms with Gasteiger partial charge < -0.3 is 25.4 Å². The minimum atomic E-state index is -4.54. The molecule has 2 aromatic carbocycles. The van der Waals surface area contributed by atoms with Crippen molar-refractivity contribution in [1.29, 1.82) is 0 Å². The Morgan fingerprint density at radius 1 is 1.16 bits per heavy atom. The number of rotatable bonds is 6. The van der Waals surface area contributed by atoms with Gasteiger partial charge in [-0.05, 0) is 49.7 Å². The van der Waals surface area contributed by atoms with Gasteiger partial charge in [0.15, 0.2) is 11.5 Å². The number of hydrogen-bond acceptors (Lipinski definition) is 4. The summed E-state index contributed by atoms with van der Waals surface area (Å²) in [5.74, 6) is 0.245. The summed E-state index contributed by atoms with van der Waals surface area (Å²) in [6, 6.07) is 7.90. The van der Waals surface area contributed by atoms with Gasteiger partial charge in [-0.25, -0.2) is 4.79 Å². The van der Waals surface area contributed by atoms with Crippen LogP contribution in [0, 0.1) is 0 Å². The molecule has 1 aliphatic heterocycles. The Hall–Kier alpha value is -3.69. The molecule has 1 aliphatic rings. The molecule has 0 spiro atoms. The van der Waals surface area contributed by atoms with Gasteiger partial charge in [-0.3, -0.25) is 4.79 Å². The third kappa shape index (κ3) is 4.96. The van der Waals surface area contributed by atoms with E-state index in [0.29, 0.717) is 23.7 Å². The fourth-order valence-electron chi connectivity index (χ4n) is 3.36. The van der Waals surface area contributed by atoms with Crippen molar-refractivity contribution >= 4 is 17.6 Å². The minimum Gasteiger partial charge on any atom is -0.493 e. The smallest absolute Gasteiger partial charge is 0.416 e. The molecule has 0 unspecified atom stereocenters. The number of alkyl halides is 3. The number of nitrogens with one attached hydrogen (secondary N) is 3. The van der Waals surface area contributed by atoms with Crippen molar-refractivity contribution in [1.82, 2.24) is 10.6 Å². The average molecular weight is 449 g/mol. The molecule has 32 heavy (non-hydrogen) atoms. The van der Waals surface area contributed by atoms with Gasteiger partial charge >= 0.3 is 12.2 Å². The molecule has 10 heteroatoms. The van der Waals surface area contributed by atoms with Gasteiger partial charge in [0.1, 0.15) is 0 Å². The molecular formula is C22H22F3N3O4. The largest absolute Gasteiger partial charge is 0.493 e. The first kappa shape index (κ1) is 23.0. The average Bonchev–Trinajstić information content (AvgIpc) is 2.73. The predicted octanol–water partition coefficient (Wildman–Crippen LogP) is 4.38. The molecule has 1 atom stereocenters. The molecule has 0 fully saturated rings. The molecule has 0 saturated heterocycles. The van der Waals surface area contributed by atoms with Gasteiger partial charge in [0.25, 0.3) is 5.91 Å². The molecular weight excluding hydrogens is 427 g/mol. The number of benzene rings is 2. The minimum absolute atomic E-state index is 0.0231. The van der Waals surface area contributed by atoms with Crippen LogP contribution in [0.15, 0.2) is 53.7 Å². The van der Waals surface area contributed by atoms with Crippen molar-refractivity contribution < 1.29 is 32.2 Å². The summed E-state index contributed by atoms with van der Waals surface area (Å²) >= 11 is 0. The highest BCUT2D eigenvalue weighted by atomic mass is 19.4. The quantitative estimate of drug-likeness (QED) is 0.611. The lowest BCUT2D eigenvalue weighted by Crippen LogP contribution is -2.46. The predicted molar refractivity (Wildman–Crippen MR) is 111 cm³/mol. The van der Waals surface area contributed by atoms with Crippen molar-refractivity contribution in [3.05, 3.63) is 64.9 Å². The summed E-state index contributed by atoms with van der Waals surface area (Å²) in [4.78, 5) is 25.1. The normalized spacial score (nSPS) is 16.2. The topological polar surface area (TPSA) is 88.7 Å². The molecule has 0 radical (unpaired) electrons. The van der Waals surface area contributed by atoms with Crippen LogP contribution < -0.4 is 25.4 Å². The highest BCUT2D eigenvalue weighted by Gasteiger charge is 2.33. The molecule has 7 nitrogen and oxygen atoms in total. The lowest BCUT2D eigenvalue weighted by atomic mass is 9.94. The number of methoxy groups -OCH3 is 1. The number of hydrogen-bond donors (Lipinski definition) is 3. The van der Waals surface area contributed by atoms with E-state index in [-0.39, 0.29) is 17.0 Å². The van der Waals surface area contributed by atoms with Gasteiger partial charge in [-0.15, -0.1) is 0 Å². The lowest BCUT2D eigenvalue weighted by molar-refractivity contribution is -0.137. The molecule has 3 rings (SSSR count). The van der Waals surface area contributed by atoms with E-state index in [1.165, 1.54) is 19.2 Å². The van der Waals surface area contributed by atoms with Crippen molar-refractivity contribution in [3.8, 4) is 11.5 Å². The summed E-state index contributed by atoms with van der Waals surface area (Å²) in [6.45, 7) is 3.78. The summed E-state index contributed by atoms with van der Waals surface area (Å²) in [6.07, 6.45) is -4.54. The fourth-order valence-corrected chi connectivity index (χ4v) is 3.36. The standard InChI is InChI=1S/C22H22F3N3O4/c1-4-32-16-9-8-13(10-17(16)31-3)19-18(12(2)26-21(30)28-19)20(29)27-15-7-5-6-14(11-15)22(23,24)25/h5-11,19H,4H2,1-3H3,(H,27,29)(H2,26,28,30)/t19-/m0/s1. The van der Waals surface area contributed by atoms with Crippen molar-refractivity contribution in [3.63, 3.8) is 0 Å². The van der Waals surface area contributed by atoms with Gasteiger partial charge in [-0.2, -0.15) is 13.2 Å². The molecule has 0 aliphatic carbocycles. The Labute approximate surface area is 182 Å². The zero-order chi connectivity index (χ0) is 23.5. The van der Waals surface area contributed by atoms with Gasteiger partial charge in [0.2, 0.25) is 0 Å². The number of urea groups is 1. The SMILES string of the molecule is CCOc1ccc([C@@H]2NC(=O)NC(C)=C2C(=O)Nc2cccc(C(F)(F)F)c2)cc1OC. The Bertz CT molecular complexity index is 1070. The zero-order valence-electron chi connectivity index (χ0n) is 17.6. The van der Waals surface area contributed by atoms with Gasteiger partial charge in [0, 0.05) is 11.4 Å². The highest BCUT2D eigenvalue weighted by molar-refractivity contribution is 6.06. The zero-order valence-corrected chi connectivity index (χ0v) is 17.6. The van der Waals surface area contributed by atoms with Crippen LogP contribution in [0.25, 0.3) is 0 Å². The summed E-state index contributed by atoms with van der Waals surface area (Å²) < 4.78 is 49.9. The van der Waals surface area contributed by atoms with Crippen LogP contribution in [0.2, 0.25) is 0 Å². The van der Waals surface area contributed by atoms with Crippen LogP contribution in [0.1, 0.15) is 31.0 Å². The summed E-state index contributed by atoms with van der Waals surface area (Å²) in [5, 5.41) is 7.68. The van der Waals surface area contributed by atoms with Crippen LogP contribution in [-0.2, 0) is 11.0 Å². The van der Waals surface area contributed by atoms with Crippen LogP contribution in [0.4, 0.5) is 23.7 Å². The lowest BCUT2D eigenvalue weighted by Gasteiger charge is -2.29. The first-order chi connectivity index (χ1) is 15.1. The van der Waals surface area contributed by atoms with E-state index in [2.05, 4.69) is 16.0 Å². The van der Waals surface area contributed by atoms with E-state index < -0.39 is 29.7 Å². The maximum Gasteiger partial charge on any atom is 0.416 e. The van der Waals surface area contributed by atoms with Crippen molar-refractivity contribution in [2.45, 2.75) is 26.1 Å². The van der Waals surface area contributed by atoms with Crippen LogP contribution in [-0.4, -0.2) is 25.7 Å². The molecule has 0 bridgehead atoms. The number of carbonyl (C=O) groups excluding carboxylic acids is 2. The monoisotopic (exact) mass is 449 g/mol. The van der Waals surface area contributed by atoms with E-state index in [9.17, 15) is 22.8 Å². The maximum atomic E-state index is 13.1. The number of ether oxygens (including phenoxy) is 2. The Kier molecular flexibility index (Phi) is 6.61. The third-order valence-corrected chi connectivity index (χ3v) is 4.78. The molecule has 1 heterocycles. The molecule has 3 amide bonds. The summed E-state index contributed by atoms with van der Waals surface area (Å²) in [7, 11) is 1.46. The molecule has 2 aromatic rings. The Balaban J connectivity index is 1.95. The first-order valence-electron chi connectivity index (χ1n) is 9.71.